The van der Waals surface area contributed by atoms with Crippen molar-refractivity contribution in [3.8, 4) is 0 Å². The number of carbonyl (C=O) groups is 1. The molecule has 0 spiro atoms. The molecule has 0 heterocycles. The smallest absolute Gasteiger partial charge is 0.407 e. The number of hydrogen-bond acceptors (Lipinski definition) is 8. The topological polar surface area (TPSA) is 93.7 Å². The van der Waals surface area contributed by atoms with E-state index in [1.165, 1.54) is 0 Å². The highest BCUT2D eigenvalue weighted by molar-refractivity contribution is 5.67. The van der Waals surface area contributed by atoms with Crippen molar-refractivity contribution >= 4 is 6.09 Å². The van der Waals surface area contributed by atoms with E-state index in [-0.39, 0.29) is 6.61 Å². The summed E-state index contributed by atoms with van der Waals surface area (Å²) >= 11 is 0. The standard InChI is InChI=1S/C39H47NO8/c41-38(47-33-34-13-5-1-6-14-34)40-21-22-42-23-24-43-25-26-44-27-28-45-29-30-46-31-32-48-39(35-15-7-2-8-16-35,36-17-9-3-10-18-36)37-19-11-4-12-20-37/h1-20H,21-33H2,(H,40,41). The third-order valence-corrected chi connectivity index (χ3v) is 7.30. The first-order valence-electron chi connectivity index (χ1n) is 16.4. The van der Waals surface area contributed by atoms with Crippen molar-refractivity contribution in [2.45, 2.75) is 12.2 Å². The van der Waals surface area contributed by atoms with Gasteiger partial charge in [-0.1, -0.05) is 121 Å². The first-order chi connectivity index (χ1) is 23.8. The van der Waals surface area contributed by atoms with Gasteiger partial charge in [-0.3, -0.25) is 0 Å². The summed E-state index contributed by atoms with van der Waals surface area (Å²) in [4.78, 5) is 11.7. The normalized spacial score (nSPS) is 11.3. The molecule has 0 atom stereocenters. The molecule has 0 saturated carbocycles. The Morgan fingerprint density at radius 3 is 1.23 bits per heavy atom. The predicted octanol–water partition coefficient (Wildman–Crippen LogP) is 6.00. The lowest BCUT2D eigenvalue weighted by molar-refractivity contribution is -0.0391. The van der Waals surface area contributed by atoms with E-state index in [0.29, 0.717) is 79.2 Å². The van der Waals surface area contributed by atoms with Crippen molar-refractivity contribution in [1.82, 2.24) is 5.32 Å². The summed E-state index contributed by atoms with van der Waals surface area (Å²) in [7, 11) is 0. The summed E-state index contributed by atoms with van der Waals surface area (Å²) < 4.78 is 39.8. The summed E-state index contributed by atoms with van der Waals surface area (Å²) in [6.45, 7) is 5.53. The highest BCUT2D eigenvalue weighted by Gasteiger charge is 2.37. The Morgan fingerprint density at radius 1 is 0.458 bits per heavy atom. The van der Waals surface area contributed by atoms with Crippen LogP contribution in [-0.2, 0) is 45.4 Å². The summed E-state index contributed by atoms with van der Waals surface area (Å²) in [6.07, 6.45) is -0.467. The molecular formula is C39H47NO8. The van der Waals surface area contributed by atoms with E-state index in [9.17, 15) is 4.79 Å². The van der Waals surface area contributed by atoms with E-state index >= 15 is 0 Å². The van der Waals surface area contributed by atoms with Crippen molar-refractivity contribution < 1.29 is 38.0 Å². The third-order valence-electron chi connectivity index (χ3n) is 7.30. The van der Waals surface area contributed by atoms with E-state index in [2.05, 4.69) is 41.7 Å². The number of amides is 1. The molecule has 0 unspecified atom stereocenters. The molecule has 0 saturated heterocycles. The molecule has 0 aliphatic carbocycles. The van der Waals surface area contributed by atoms with Gasteiger partial charge in [0.2, 0.25) is 0 Å². The van der Waals surface area contributed by atoms with Gasteiger partial charge in [-0.2, -0.15) is 0 Å². The molecule has 0 bridgehead atoms. The van der Waals surface area contributed by atoms with Crippen molar-refractivity contribution in [1.29, 1.82) is 0 Å². The first kappa shape index (κ1) is 36.7. The van der Waals surface area contributed by atoms with E-state index in [0.717, 1.165) is 22.3 Å². The van der Waals surface area contributed by atoms with E-state index in [4.69, 9.17) is 33.2 Å². The SMILES string of the molecule is O=C(NCCOCCOCCOCCOCCOCCOC(c1ccccc1)(c1ccccc1)c1ccccc1)OCc1ccccc1. The molecule has 1 N–H and O–H groups in total. The fourth-order valence-electron chi connectivity index (χ4n) is 5.00. The van der Waals surface area contributed by atoms with Crippen molar-refractivity contribution in [3.05, 3.63) is 144 Å². The van der Waals surface area contributed by atoms with E-state index in [1.807, 2.05) is 84.9 Å². The van der Waals surface area contributed by atoms with Gasteiger partial charge in [0, 0.05) is 6.54 Å². The van der Waals surface area contributed by atoms with Gasteiger partial charge >= 0.3 is 6.09 Å². The molecule has 4 aromatic rings. The van der Waals surface area contributed by atoms with Crippen LogP contribution >= 0.6 is 0 Å². The zero-order valence-electron chi connectivity index (χ0n) is 27.5. The summed E-state index contributed by atoms with van der Waals surface area (Å²) in [5, 5.41) is 2.65. The van der Waals surface area contributed by atoms with Crippen LogP contribution in [-0.4, -0.2) is 85.3 Å². The summed E-state index contributed by atoms with van der Waals surface area (Å²) in [5.41, 5.74) is 3.37. The molecule has 1 amide bonds. The van der Waals surface area contributed by atoms with Crippen LogP contribution in [0.15, 0.2) is 121 Å². The van der Waals surface area contributed by atoms with Crippen LogP contribution in [0.4, 0.5) is 4.79 Å². The molecule has 4 aromatic carbocycles. The molecule has 0 radical (unpaired) electrons. The Labute approximate surface area is 284 Å². The van der Waals surface area contributed by atoms with Crippen LogP contribution < -0.4 is 5.32 Å². The van der Waals surface area contributed by atoms with Gasteiger partial charge < -0.3 is 38.5 Å². The maximum Gasteiger partial charge on any atom is 0.407 e. The molecule has 0 aliphatic heterocycles. The highest BCUT2D eigenvalue weighted by atomic mass is 16.6. The Kier molecular flexibility index (Phi) is 17.2. The number of carbonyl (C=O) groups excluding carboxylic acids is 1. The second kappa shape index (κ2) is 22.5. The number of rotatable bonds is 24. The Bertz CT molecular complexity index is 1280. The summed E-state index contributed by atoms with van der Waals surface area (Å²) in [6, 6.07) is 40.4. The fraction of sp³-hybridized carbons (Fsp3) is 0.359. The van der Waals surface area contributed by atoms with Gasteiger partial charge in [0.1, 0.15) is 12.2 Å². The van der Waals surface area contributed by atoms with Crippen molar-refractivity contribution in [3.63, 3.8) is 0 Å². The van der Waals surface area contributed by atoms with E-state index in [1.54, 1.807) is 0 Å². The van der Waals surface area contributed by atoms with Gasteiger partial charge in [-0.15, -0.1) is 0 Å². The zero-order valence-corrected chi connectivity index (χ0v) is 27.5. The van der Waals surface area contributed by atoms with Crippen LogP contribution in [0.2, 0.25) is 0 Å². The molecular weight excluding hydrogens is 610 g/mol. The van der Waals surface area contributed by atoms with E-state index < -0.39 is 11.7 Å². The third kappa shape index (κ3) is 12.8. The second-order valence-electron chi connectivity index (χ2n) is 10.7. The number of alkyl carbamates (subject to hydrolysis) is 1. The fourth-order valence-corrected chi connectivity index (χ4v) is 5.00. The monoisotopic (exact) mass is 657 g/mol. The van der Waals surface area contributed by atoms with Gasteiger partial charge in [0.05, 0.1) is 72.7 Å². The molecule has 0 aromatic heterocycles. The maximum absolute atomic E-state index is 11.7. The maximum atomic E-state index is 11.7. The van der Waals surface area contributed by atoms with Gasteiger partial charge in [0.15, 0.2) is 0 Å². The van der Waals surface area contributed by atoms with Crippen molar-refractivity contribution in [2.24, 2.45) is 0 Å². The minimum atomic E-state index is -0.755. The lowest BCUT2D eigenvalue weighted by Gasteiger charge is -2.36. The predicted molar refractivity (Wildman–Crippen MR) is 184 cm³/mol. The average Bonchev–Trinajstić information content (AvgIpc) is 3.15. The molecule has 48 heavy (non-hydrogen) atoms. The molecule has 9 nitrogen and oxygen atoms in total. The van der Waals surface area contributed by atoms with Crippen LogP contribution in [0, 0.1) is 0 Å². The number of ether oxygens (including phenoxy) is 7. The van der Waals surface area contributed by atoms with Gasteiger partial charge in [0.25, 0.3) is 0 Å². The molecule has 9 heteroatoms. The lowest BCUT2D eigenvalue weighted by Crippen LogP contribution is -2.34. The lowest BCUT2D eigenvalue weighted by atomic mass is 9.80. The molecule has 4 rings (SSSR count). The van der Waals surface area contributed by atoms with Crippen LogP contribution in [0.25, 0.3) is 0 Å². The number of benzene rings is 4. The second-order valence-corrected chi connectivity index (χ2v) is 10.7. The van der Waals surface area contributed by atoms with Crippen LogP contribution in [0.5, 0.6) is 0 Å². The number of nitrogens with one attached hydrogen (secondary N) is 1. The molecule has 256 valence electrons. The van der Waals surface area contributed by atoms with Gasteiger partial charge in [-0.25, -0.2) is 4.79 Å². The van der Waals surface area contributed by atoms with Crippen LogP contribution in [0.3, 0.4) is 0 Å². The molecule has 0 fully saturated rings. The largest absolute Gasteiger partial charge is 0.445 e. The molecule has 0 aliphatic rings. The highest BCUT2D eigenvalue weighted by Crippen LogP contribution is 2.40. The number of hydrogen-bond donors (Lipinski definition) is 1. The Hall–Kier alpha value is -4.09. The first-order valence-corrected chi connectivity index (χ1v) is 16.4. The average molecular weight is 658 g/mol. The van der Waals surface area contributed by atoms with Crippen molar-refractivity contribution in [2.75, 3.05) is 79.2 Å². The minimum Gasteiger partial charge on any atom is -0.445 e. The zero-order chi connectivity index (χ0) is 33.4. The van der Waals surface area contributed by atoms with Gasteiger partial charge in [-0.05, 0) is 22.3 Å². The van der Waals surface area contributed by atoms with Crippen LogP contribution in [0.1, 0.15) is 22.3 Å². The Morgan fingerprint density at radius 2 is 0.812 bits per heavy atom. The Balaban J connectivity index is 0.984. The summed E-state index contributed by atoms with van der Waals surface area (Å²) in [5.74, 6) is 0. The quantitative estimate of drug-likeness (QED) is 0.0725. The minimum absolute atomic E-state index is 0.238.